The molecule has 2 atom stereocenters. The van der Waals surface area contributed by atoms with E-state index in [0.717, 1.165) is 31.6 Å². The number of methoxy groups -OCH3 is 1. The maximum absolute atomic E-state index is 5.97. The van der Waals surface area contributed by atoms with Gasteiger partial charge in [0.15, 0.2) is 0 Å². The highest BCUT2D eigenvalue weighted by atomic mass is 16.5. The van der Waals surface area contributed by atoms with E-state index >= 15 is 0 Å². The van der Waals surface area contributed by atoms with Crippen LogP contribution in [0, 0.1) is 6.92 Å². The summed E-state index contributed by atoms with van der Waals surface area (Å²) >= 11 is 0. The van der Waals surface area contributed by atoms with Gasteiger partial charge >= 0.3 is 0 Å². The fourth-order valence-electron chi connectivity index (χ4n) is 2.51. The first-order valence-corrected chi connectivity index (χ1v) is 6.65. The quantitative estimate of drug-likeness (QED) is 0.839. The van der Waals surface area contributed by atoms with Gasteiger partial charge in [-0.25, -0.2) is 0 Å². The Morgan fingerprint density at radius 3 is 3.06 bits per heavy atom. The predicted octanol–water partition coefficient (Wildman–Crippen LogP) is 2.31. The van der Waals surface area contributed by atoms with Crippen LogP contribution in [0.5, 0.6) is 5.75 Å². The molecule has 1 aliphatic heterocycles. The molecule has 1 aliphatic rings. The molecule has 0 aliphatic carbocycles. The van der Waals surface area contributed by atoms with Gasteiger partial charge in [0.1, 0.15) is 11.9 Å². The summed E-state index contributed by atoms with van der Waals surface area (Å²) in [5.74, 6) is 1.07. The second-order valence-electron chi connectivity index (χ2n) is 5.07. The zero-order valence-corrected chi connectivity index (χ0v) is 11.5. The first-order valence-electron chi connectivity index (χ1n) is 6.65. The van der Waals surface area contributed by atoms with Crippen molar-refractivity contribution in [2.75, 3.05) is 20.8 Å². The largest absolute Gasteiger partial charge is 0.490 e. The lowest BCUT2D eigenvalue weighted by Crippen LogP contribution is -2.31. The standard InChI is InChI=1S/C15H23NO2/c1-11-4-7-15-12(8-11)9-14(18-15)6-5-13(16-2)10-17-3/h4,7-8,13-14,16H,5-6,9-10H2,1-3H3. The monoisotopic (exact) mass is 249 g/mol. The smallest absolute Gasteiger partial charge is 0.123 e. The number of hydrogen-bond donors (Lipinski definition) is 1. The molecule has 18 heavy (non-hydrogen) atoms. The molecular weight excluding hydrogens is 226 g/mol. The molecule has 0 saturated carbocycles. The Morgan fingerprint density at radius 1 is 1.50 bits per heavy atom. The zero-order chi connectivity index (χ0) is 13.0. The number of likely N-dealkylation sites (N-methyl/N-ethyl adjacent to an activating group) is 1. The van der Waals surface area contributed by atoms with Crippen molar-refractivity contribution in [2.24, 2.45) is 0 Å². The summed E-state index contributed by atoms with van der Waals surface area (Å²) in [5, 5.41) is 3.28. The van der Waals surface area contributed by atoms with Crippen molar-refractivity contribution in [3.8, 4) is 5.75 Å². The summed E-state index contributed by atoms with van der Waals surface area (Å²) < 4.78 is 11.2. The summed E-state index contributed by atoms with van der Waals surface area (Å²) in [6.07, 6.45) is 3.53. The Morgan fingerprint density at radius 2 is 2.33 bits per heavy atom. The van der Waals surface area contributed by atoms with Gasteiger partial charge in [0.25, 0.3) is 0 Å². The third kappa shape index (κ3) is 3.24. The van der Waals surface area contributed by atoms with Crippen molar-refractivity contribution in [1.82, 2.24) is 5.32 Å². The Bertz CT molecular complexity index is 392. The number of rotatable bonds is 6. The van der Waals surface area contributed by atoms with Crippen LogP contribution in [-0.2, 0) is 11.2 Å². The first-order chi connectivity index (χ1) is 8.72. The molecule has 100 valence electrons. The van der Waals surface area contributed by atoms with Gasteiger partial charge in [-0.2, -0.15) is 0 Å². The lowest BCUT2D eigenvalue weighted by molar-refractivity contribution is 0.152. The molecule has 0 radical (unpaired) electrons. The van der Waals surface area contributed by atoms with Gasteiger partial charge in [0.05, 0.1) is 6.61 Å². The second kappa shape index (κ2) is 6.21. The van der Waals surface area contributed by atoms with Crippen LogP contribution >= 0.6 is 0 Å². The number of aryl methyl sites for hydroxylation is 1. The number of benzene rings is 1. The molecule has 3 nitrogen and oxygen atoms in total. The van der Waals surface area contributed by atoms with E-state index in [4.69, 9.17) is 9.47 Å². The third-order valence-corrected chi connectivity index (χ3v) is 3.57. The molecule has 0 saturated heterocycles. The maximum Gasteiger partial charge on any atom is 0.123 e. The van der Waals surface area contributed by atoms with Gasteiger partial charge in [-0.1, -0.05) is 17.7 Å². The van der Waals surface area contributed by atoms with E-state index in [1.54, 1.807) is 7.11 Å². The average molecular weight is 249 g/mol. The Labute approximate surface area is 109 Å². The summed E-state index contributed by atoms with van der Waals surface area (Å²) in [6, 6.07) is 6.86. The van der Waals surface area contributed by atoms with Gasteiger partial charge in [-0.15, -0.1) is 0 Å². The van der Waals surface area contributed by atoms with E-state index in [2.05, 4.69) is 30.4 Å². The van der Waals surface area contributed by atoms with Crippen LogP contribution < -0.4 is 10.1 Å². The lowest BCUT2D eigenvalue weighted by Gasteiger charge is -2.17. The van der Waals surface area contributed by atoms with E-state index in [9.17, 15) is 0 Å². The summed E-state index contributed by atoms with van der Waals surface area (Å²) in [5.41, 5.74) is 2.67. The van der Waals surface area contributed by atoms with Crippen molar-refractivity contribution in [3.05, 3.63) is 29.3 Å². The van der Waals surface area contributed by atoms with E-state index < -0.39 is 0 Å². The topological polar surface area (TPSA) is 30.5 Å². The van der Waals surface area contributed by atoms with E-state index in [1.165, 1.54) is 11.1 Å². The van der Waals surface area contributed by atoms with Gasteiger partial charge in [-0.05, 0) is 38.4 Å². The summed E-state index contributed by atoms with van der Waals surface area (Å²) in [4.78, 5) is 0. The van der Waals surface area contributed by atoms with E-state index in [-0.39, 0.29) is 0 Å². The minimum Gasteiger partial charge on any atom is -0.490 e. The van der Waals surface area contributed by atoms with Crippen LogP contribution in [0.2, 0.25) is 0 Å². The highest BCUT2D eigenvalue weighted by Gasteiger charge is 2.23. The molecule has 2 rings (SSSR count). The van der Waals surface area contributed by atoms with Crippen LogP contribution in [0.1, 0.15) is 24.0 Å². The average Bonchev–Trinajstić information content (AvgIpc) is 2.76. The second-order valence-corrected chi connectivity index (χ2v) is 5.07. The minimum atomic E-state index is 0.328. The fourth-order valence-corrected chi connectivity index (χ4v) is 2.51. The molecule has 0 aromatic heterocycles. The Balaban J connectivity index is 1.84. The van der Waals surface area contributed by atoms with Gasteiger partial charge < -0.3 is 14.8 Å². The molecule has 0 bridgehead atoms. The van der Waals surface area contributed by atoms with Crippen molar-refractivity contribution < 1.29 is 9.47 Å². The number of nitrogens with one attached hydrogen (secondary N) is 1. The van der Waals surface area contributed by atoms with E-state index in [0.29, 0.717) is 12.1 Å². The van der Waals surface area contributed by atoms with Crippen LogP contribution in [0.4, 0.5) is 0 Å². The van der Waals surface area contributed by atoms with Gasteiger partial charge in [0, 0.05) is 19.6 Å². The van der Waals surface area contributed by atoms with Crippen molar-refractivity contribution in [1.29, 1.82) is 0 Å². The van der Waals surface area contributed by atoms with E-state index in [1.807, 2.05) is 7.05 Å². The molecule has 0 fully saturated rings. The molecule has 2 unspecified atom stereocenters. The molecule has 1 heterocycles. The SMILES string of the molecule is CNC(CCC1Cc2cc(C)ccc2O1)COC. The van der Waals surface area contributed by atoms with Crippen molar-refractivity contribution in [3.63, 3.8) is 0 Å². The predicted molar refractivity (Wildman–Crippen MR) is 73.3 cm³/mol. The molecule has 0 spiro atoms. The molecule has 1 aromatic carbocycles. The Kier molecular flexibility index (Phi) is 4.61. The van der Waals surface area contributed by atoms with Crippen LogP contribution in [0.25, 0.3) is 0 Å². The molecular formula is C15H23NO2. The van der Waals surface area contributed by atoms with Crippen LogP contribution in [0.15, 0.2) is 18.2 Å². The van der Waals surface area contributed by atoms with Crippen molar-refractivity contribution in [2.45, 2.75) is 38.3 Å². The lowest BCUT2D eigenvalue weighted by atomic mass is 10.0. The summed E-state index contributed by atoms with van der Waals surface area (Å²) in [6.45, 7) is 2.89. The van der Waals surface area contributed by atoms with Crippen LogP contribution in [-0.4, -0.2) is 32.9 Å². The highest BCUT2D eigenvalue weighted by Crippen LogP contribution is 2.31. The zero-order valence-electron chi connectivity index (χ0n) is 11.5. The number of hydrogen-bond acceptors (Lipinski definition) is 3. The fraction of sp³-hybridized carbons (Fsp3) is 0.600. The molecule has 3 heteroatoms. The first kappa shape index (κ1) is 13.4. The molecule has 0 amide bonds. The minimum absolute atomic E-state index is 0.328. The van der Waals surface area contributed by atoms with Gasteiger partial charge in [0.2, 0.25) is 0 Å². The molecule has 1 aromatic rings. The number of fused-ring (bicyclic) bond motifs is 1. The summed E-state index contributed by atoms with van der Waals surface area (Å²) in [7, 11) is 3.73. The van der Waals surface area contributed by atoms with Crippen LogP contribution in [0.3, 0.4) is 0 Å². The normalized spacial score (nSPS) is 19.4. The molecule has 1 N–H and O–H groups in total. The van der Waals surface area contributed by atoms with Gasteiger partial charge in [-0.3, -0.25) is 0 Å². The van der Waals surface area contributed by atoms with Crippen molar-refractivity contribution >= 4 is 0 Å². The maximum atomic E-state index is 5.97. The Hall–Kier alpha value is -1.06. The third-order valence-electron chi connectivity index (χ3n) is 3.57. The number of ether oxygens (including phenoxy) is 2. The highest BCUT2D eigenvalue weighted by molar-refractivity contribution is 5.40.